The predicted octanol–water partition coefficient (Wildman–Crippen LogP) is 1.06. The van der Waals surface area contributed by atoms with E-state index in [2.05, 4.69) is 5.32 Å². The number of hydrogen-bond donors (Lipinski definition) is 2. The highest BCUT2D eigenvalue weighted by Gasteiger charge is 2.25. The number of hydrogen-bond acceptors (Lipinski definition) is 4. The van der Waals surface area contributed by atoms with Crippen molar-refractivity contribution >= 4 is 21.7 Å². The molecule has 20 heavy (non-hydrogen) atoms. The highest BCUT2D eigenvalue weighted by molar-refractivity contribution is 7.91. The molecule has 0 aromatic heterocycles. The van der Waals surface area contributed by atoms with Crippen molar-refractivity contribution in [2.45, 2.75) is 40.0 Å². The second-order valence-corrected chi connectivity index (χ2v) is 8.34. The quantitative estimate of drug-likeness (QED) is 0.698. The highest BCUT2D eigenvalue weighted by Crippen LogP contribution is 2.32. The van der Waals surface area contributed by atoms with Gasteiger partial charge in [-0.25, -0.2) is 8.42 Å². The van der Waals surface area contributed by atoms with Crippen molar-refractivity contribution in [2.75, 3.05) is 18.6 Å². The van der Waals surface area contributed by atoms with Crippen molar-refractivity contribution in [1.82, 2.24) is 5.32 Å². The van der Waals surface area contributed by atoms with Gasteiger partial charge in [0, 0.05) is 19.2 Å². The van der Waals surface area contributed by atoms with Gasteiger partial charge >= 0.3 is 5.97 Å². The van der Waals surface area contributed by atoms with E-state index in [1.54, 1.807) is 0 Å². The first kappa shape index (κ1) is 18.9. The molecule has 0 heterocycles. The summed E-state index contributed by atoms with van der Waals surface area (Å²) in [5, 5.41) is 11.3. The minimum absolute atomic E-state index is 0.0585. The van der Waals surface area contributed by atoms with Gasteiger partial charge in [0.25, 0.3) is 0 Å². The molecule has 7 heteroatoms. The maximum Gasteiger partial charge on any atom is 0.303 e. The zero-order valence-electron chi connectivity index (χ0n) is 12.6. The fourth-order valence-corrected chi connectivity index (χ4v) is 2.56. The molecule has 1 amide bonds. The fourth-order valence-electron chi connectivity index (χ4n) is 1.98. The Morgan fingerprint density at radius 2 is 1.75 bits per heavy atom. The van der Waals surface area contributed by atoms with Crippen LogP contribution in [0.4, 0.5) is 0 Å². The Labute approximate surface area is 120 Å². The molecule has 0 radical (unpaired) electrons. The Hall–Kier alpha value is -1.11. The van der Waals surface area contributed by atoms with Gasteiger partial charge in [0.15, 0.2) is 9.84 Å². The lowest BCUT2D eigenvalue weighted by Gasteiger charge is -2.30. The molecule has 0 bridgehead atoms. The lowest BCUT2D eigenvalue weighted by atomic mass is 9.76. The number of sulfone groups is 1. The third kappa shape index (κ3) is 9.77. The van der Waals surface area contributed by atoms with Gasteiger partial charge in [-0.3, -0.25) is 9.59 Å². The van der Waals surface area contributed by atoms with Crippen LogP contribution in [0.1, 0.15) is 40.0 Å². The Bertz CT molecular complexity index is 436. The first-order chi connectivity index (χ1) is 8.92. The van der Waals surface area contributed by atoms with Crippen molar-refractivity contribution in [3.63, 3.8) is 0 Å². The maximum absolute atomic E-state index is 11.4. The van der Waals surface area contributed by atoms with Crippen molar-refractivity contribution < 1.29 is 23.1 Å². The molecular weight excluding hydrogens is 282 g/mol. The number of aliphatic carboxylic acids is 1. The minimum Gasteiger partial charge on any atom is -0.481 e. The Morgan fingerprint density at radius 1 is 1.20 bits per heavy atom. The minimum atomic E-state index is -3.31. The Balaban J connectivity index is 4.27. The van der Waals surface area contributed by atoms with Crippen LogP contribution in [0.25, 0.3) is 0 Å². The summed E-state index contributed by atoms with van der Waals surface area (Å²) in [6.45, 7) is 6.43. The summed E-state index contributed by atoms with van der Waals surface area (Å²) < 4.78 is 21.9. The van der Waals surface area contributed by atoms with E-state index < -0.39 is 27.5 Å². The van der Waals surface area contributed by atoms with Crippen LogP contribution in [-0.4, -0.2) is 44.0 Å². The largest absolute Gasteiger partial charge is 0.481 e. The molecule has 2 N–H and O–H groups in total. The van der Waals surface area contributed by atoms with Crippen LogP contribution in [0.5, 0.6) is 0 Å². The van der Waals surface area contributed by atoms with E-state index in [0.717, 1.165) is 6.26 Å². The molecule has 0 fully saturated rings. The second kappa shape index (κ2) is 7.61. The van der Waals surface area contributed by atoms with Crippen molar-refractivity contribution in [2.24, 2.45) is 11.3 Å². The van der Waals surface area contributed by atoms with E-state index in [0.29, 0.717) is 19.4 Å². The van der Waals surface area contributed by atoms with E-state index in [9.17, 15) is 18.0 Å². The van der Waals surface area contributed by atoms with Gasteiger partial charge in [0.2, 0.25) is 5.91 Å². The van der Waals surface area contributed by atoms with E-state index in [4.69, 9.17) is 5.11 Å². The lowest BCUT2D eigenvalue weighted by molar-refractivity contribution is -0.137. The number of carboxylic acid groups (broad SMARTS) is 1. The molecule has 0 aliphatic rings. The number of carboxylic acids is 1. The fraction of sp³-hybridized carbons (Fsp3) is 0.846. The van der Waals surface area contributed by atoms with Crippen LogP contribution >= 0.6 is 0 Å². The molecule has 0 aromatic carbocycles. The topological polar surface area (TPSA) is 101 Å². The standard InChI is InChI=1S/C13H25NO5S/c1-13(2,3)10(5-6-12(16)17)7-8-14-11(15)9-20(4,18)19/h10H,5-9H2,1-4H3,(H,14,15)(H,16,17). The summed E-state index contributed by atoms with van der Waals surface area (Å²) in [6, 6.07) is 0. The van der Waals surface area contributed by atoms with Crippen LogP contribution in [0.3, 0.4) is 0 Å². The SMILES string of the molecule is CC(C)(C)C(CCNC(=O)CS(C)(=O)=O)CCC(=O)O. The second-order valence-electron chi connectivity index (χ2n) is 6.20. The van der Waals surface area contributed by atoms with Gasteiger partial charge in [-0.1, -0.05) is 20.8 Å². The first-order valence-corrected chi connectivity index (χ1v) is 8.64. The number of amides is 1. The van der Waals surface area contributed by atoms with Gasteiger partial charge in [0.1, 0.15) is 5.75 Å². The average molecular weight is 307 g/mol. The van der Waals surface area contributed by atoms with Gasteiger partial charge < -0.3 is 10.4 Å². The molecular formula is C13H25NO5S. The molecule has 118 valence electrons. The third-order valence-electron chi connectivity index (χ3n) is 3.14. The van der Waals surface area contributed by atoms with Crippen molar-refractivity contribution in [1.29, 1.82) is 0 Å². The van der Waals surface area contributed by atoms with Crippen LogP contribution in [0.15, 0.2) is 0 Å². The molecule has 0 saturated heterocycles. The normalized spacial score (nSPS) is 13.8. The zero-order valence-corrected chi connectivity index (χ0v) is 13.4. The van der Waals surface area contributed by atoms with E-state index in [-0.39, 0.29) is 17.8 Å². The average Bonchev–Trinajstić information content (AvgIpc) is 2.17. The number of carbonyl (C=O) groups is 2. The number of carbonyl (C=O) groups excluding carboxylic acids is 1. The molecule has 0 aliphatic carbocycles. The highest BCUT2D eigenvalue weighted by atomic mass is 32.2. The Kier molecular flexibility index (Phi) is 7.19. The molecule has 0 aromatic rings. The van der Waals surface area contributed by atoms with E-state index in [1.807, 2.05) is 20.8 Å². The van der Waals surface area contributed by atoms with Crippen LogP contribution in [0.2, 0.25) is 0 Å². The molecule has 1 atom stereocenters. The summed E-state index contributed by atoms with van der Waals surface area (Å²) in [6.07, 6.45) is 2.28. The monoisotopic (exact) mass is 307 g/mol. The number of rotatable bonds is 8. The van der Waals surface area contributed by atoms with E-state index >= 15 is 0 Å². The van der Waals surface area contributed by atoms with Crippen molar-refractivity contribution in [3.8, 4) is 0 Å². The molecule has 0 saturated carbocycles. The summed E-state index contributed by atoms with van der Waals surface area (Å²) >= 11 is 0. The maximum atomic E-state index is 11.4. The summed E-state index contributed by atoms with van der Waals surface area (Å²) in [7, 11) is -3.31. The first-order valence-electron chi connectivity index (χ1n) is 6.58. The van der Waals surface area contributed by atoms with Crippen LogP contribution in [0, 0.1) is 11.3 Å². The molecule has 1 unspecified atom stereocenters. The summed E-state index contributed by atoms with van der Waals surface area (Å²) in [5.74, 6) is -1.71. The van der Waals surface area contributed by atoms with Gasteiger partial charge in [0.05, 0.1) is 0 Å². The van der Waals surface area contributed by atoms with E-state index in [1.165, 1.54) is 0 Å². The smallest absolute Gasteiger partial charge is 0.303 e. The van der Waals surface area contributed by atoms with Crippen LogP contribution in [-0.2, 0) is 19.4 Å². The van der Waals surface area contributed by atoms with Crippen molar-refractivity contribution in [3.05, 3.63) is 0 Å². The van der Waals surface area contributed by atoms with Crippen LogP contribution < -0.4 is 5.32 Å². The molecule has 0 rings (SSSR count). The van der Waals surface area contributed by atoms with Gasteiger partial charge in [-0.2, -0.15) is 0 Å². The zero-order chi connectivity index (χ0) is 16.0. The Morgan fingerprint density at radius 3 is 2.15 bits per heavy atom. The summed E-state index contributed by atoms with van der Waals surface area (Å²) in [5.41, 5.74) is -0.0585. The predicted molar refractivity (Wildman–Crippen MR) is 77.2 cm³/mol. The number of nitrogens with one attached hydrogen (secondary N) is 1. The van der Waals surface area contributed by atoms with Gasteiger partial charge in [-0.15, -0.1) is 0 Å². The molecule has 0 spiro atoms. The lowest BCUT2D eigenvalue weighted by Crippen LogP contribution is -2.33. The molecule has 6 nitrogen and oxygen atoms in total. The van der Waals surface area contributed by atoms with Gasteiger partial charge in [-0.05, 0) is 24.2 Å². The third-order valence-corrected chi connectivity index (χ3v) is 3.93. The molecule has 0 aliphatic heterocycles. The summed E-state index contributed by atoms with van der Waals surface area (Å²) in [4.78, 5) is 22.0.